The molecule has 1 fully saturated rings. The smallest absolute Gasteiger partial charge is 0.274 e. The van der Waals surface area contributed by atoms with Gasteiger partial charge in [-0.25, -0.2) is 4.98 Å². The molecule has 4 heterocycles. The normalized spacial score (nSPS) is 15.1. The molecule has 8 heteroatoms. The van der Waals surface area contributed by atoms with Crippen molar-refractivity contribution >= 4 is 17.5 Å². The van der Waals surface area contributed by atoms with Crippen LogP contribution < -0.4 is 5.32 Å². The van der Waals surface area contributed by atoms with E-state index in [1.54, 1.807) is 24.1 Å². The highest BCUT2D eigenvalue weighted by Crippen LogP contribution is 2.19. The molecule has 0 unspecified atom stereocenters. The van der Waals surface area contributed by atoms with Crippen LogP contribution in [0.4, 0.5) is 0 Å². The van der Waals surface area contributed by atoms with Crippen LogP contribution in [0.25, 0.3) is 5.65 Å². The fourth-order valence-electron chi connectivity index (χ4n) is 3.63. The molecule has 3 aromatic heterocycles. The fourth-order valence-corrected chi connectivity index (χ4v) is 3.63. The van der Waals surface area contributed by atoms with Crippen molar-refractivity contribution in [3.8, 4) is 0 Å². The minimum Gasteiger partial charge on any atom is -0.352 e. The van der Waals surface area contributed by atoms with Crippen molar-refractivity contribution in [2.45, 2.75) is 19.8 Å². The molecule has 146 valence electrons. The van der Waals surface area contributed by atoms with Crippen molar-refractivity contribution in [2.75, 3.05) is 19.6 Å². The summed E-state index contributed by atoms with van der Waals surface area (Å²) in [6.07, 6.45) is 6.81. The molecule has 8 nitrogen and oxygen atoms in total. The van der Waals surface area contributed by atoms with E-state index in [0.717, 1.165) is 24.2 Å². The van der Waals surface area contributed by atoms with E-state index in [-0.39, 0.29) is 11.8 Å². The standard InChI is InChI=1S/C20H24N6O2/c1-14-4-3-5-18-23-17(13-26(14)18)20(28)25-8-6-15(7-9-25)10-21-19(27)16-11-22-24(2)12-16/h3-5,11-13,15H,6-10H2,1-2H3,(H,21,27). The molecule has 1 saturated heterocycles. The fraction of sp³-hybridized carbons (Fsp3) is 0.400. The summed E-state index contributed by atoms with van der Waals surface area (Å²) in [5.74, 6) is 0.237. The third kappa shape index (κ3) is 3.62. The number of aromatic nitrogens is 4. The maximum atomic E-state index is 12.8. The summed E-state index contributed by atoms with van der Waals surface area (Å²) in [6.45, 7) is 3.97. The summed E-state index contributed by atoms with van der Waals surface area (Å²) in [6, 6.07) is 5.84. The van der Waals surface area contributed by atoms with Crippen LogP contribution in [0.3, 0.4) is 0 Å². The maximum absolute atomic E-state index is 12.8. The van der Waals surface area contributed by atoms with Gasteiger partial charge in [0.2, 0.25) is 0 Å². The number of imidazole rings is 1. The minimum atomic E-state index is -0.105. The highest BCUT2D eigenvalue weighted by molar-refractivity contribution is 5.94. The van der Waals surface area contributed by atoms with Gasteiger partial charge in [0.05, 0.1) is 11.8 Å². The zero-order chi connectivity index (χ0) is 19.7. The van der Waals surface area contributed by atoms with Gasteiger partial charge in [-0.15, -0.1) is 0 Å². The SMILES string of the molecule is Cc1cccc2nc(C(=O)N3CCC(CNC(=O)c4cnn(C)c4)CC3)cn12. The molecule has 1 aliphatic heterocycles. The van der Waals surface area contributed by atoms with Crippen LogP contribution >= 0.6 is 0 Å². The minimum absolute atomic E-state index is 0.0269. The highest BCUT2D eigenvalue weighted by atomic mass is 16.2. The molecule has 0 aliphatic carbocycles. The van der Waals surface area contributed by atoms with E-state index in [2.05, 4.69) is 15.4 Å². The number of nitrogens with zero attached hydrogens (tertiary/aromatic N) is 5. The average Bonchev–Trinajstić information content (AvgIpc) is 3.33. The lowest BCUT2D eigenvalue weighted by Gasteiger charge is -2.31. The van der Waals surface area contributed by atoms with Gasteiger partial charge in [0, 0.05) is 44.8 Å². The quantitative estimate of drug-likeness (QED) is 0.746. The predicted molar refractivity (Wildman–Crippen MR) is 104 cm³/mol. The zero-order valence-electron chi connectivity index (χ0n) is 16.1. The van der Waals surface area contributed by atoms with Crippen LogP contribution in [0.15, 0.2) is 36.8 Å². The molecule has 0 bridgehead atoms. The van der Waals surface area contributed by atoms with Crippen LogP contribution in [-0.2, 0) is 7.05 Å². The van der Waals surface area contributed by atoms with Gasteiger partial charge in [-0.1, -0.05) is 6.07 Å². The summed E-state index contributed by atoms with van der Waals surface area (Å²) in [5, 5.41) is 6.99. The second-order valence-electron chi connectivity index (χ2n) is 7.37. The lowest BCUT2D eigenvalue weighted by molar-refractivity contribution is 0.0679. The van der Waals surface area contributed by atoms with Gasteiger partial charge in [0.1, 0.15) is 11.3 Å². The number of pyridine rings is 1. The molecule has 4 rings (SSSR count). The second kappa shape index (κ2) is 7.46. The van der Waals surface area contributed by atoms with Crippen LogP contribution in [-0.4, -0.2) is 55.5 Å². The first kappa shape index (κ1) is 18.2. The Balaban J connectivity index is 1.31. The Hall–Kier alpha value is -3.16. The Bertz CT molecular complexity index is 1010. The largest absolute Gasteiger partial charge is 0.352 e. The average molecular weight is 380 g/mol. The topological polar surface area (TPSA) is 84.5 Å². The van der Waals surface area contributed by atoms with Gasteiger partial charge < -0.3 is 14.6 Å². The number of fused-ring (bicyclic) bond motifs is 1. The Morgan fingerprint density at radius 2 is 2.00 bits per heavy atom. The molecule has 0 radical (unpaired) electrons. The van der Waals surface area contributed by atoms with Crippen LogP contribution in [0.1, 0.15) is 39.4 Å². The number of aryl methyl sites for hydroxylation is 2. The van der Waals surface area contributed by atoms with Gasteiger partial charge >= 0.3 is 0 Å². The maximum Gasteiger partial charge on any atom is 0.274 e. The van der Waals surface area contributed by atoms with E-state index in [9.17, 15) is 9.59 Å². The summed E-state index contributed by atoms with van der Waals surface area (Å²) in [4.78, 5) is 31.3. The van der Waals surface area contributed by atoms with Crippen molar-refractivity contribution in [1.82, 2.24) is 29.4 Å². The van der Waals surface area contributed by atoms with Crippen molar-refractivity contribution in [2.24, 2.45) is 13.0 Å². The van der Waals surface area contributed by atoms with Crippen molar-refractivity contribution in [3.05, 3.63) is 53.7 Å². The summed E-state index contributed by atoms with van der Waals surface area (Å²) in [5.41, 5.74) is 2.89. The molecule has 0 aromatic carbocycles. The van der Waals surface area contributed by atoms with Crippen LogP contribution in [0, 0.1) is 12.8 Å². The van der Waals surface area contributed by atoms with Crippen molar-refractivity contribution in [1.29, 1.82) is 0 Å². The van der Waals surface area contributed by atoms with Gasteiger partial charge in [0.25, 0.3) is 11.8 Å². The molecule has 0 saturated carbocycles. The number of piperidine rings is 1. The van der Waals surface area contributed by atoms with E-state index in [4.69, 9.17) is 0 Å². The van der Waals surface area contributed by atoms with E-state index in [1.165, 1.54) is 0 Å². The van der Waals surface area contributed by atoms with E-state index < -0.39 is 0 Å². The highest BCUT2D eigenvalue weighted by Gasteiger charge is 2.25. The summed E-state index contributed by atoms with van der Waals surface area (Å²) >= 11 is 0. The molecule has 28 heavy (non-hydrogen) atoms. The summed E-state index contributed by atoms with van der Waals surface area (Å²) in [7, 11) is 1.79. The first-order valence-corrected chi connectivity index (χ1v) is 9.52. The number of carbonyl (C=O) groups excluding carboxylic acids is 2. The number of hydrogen-bond donors (Lipinski definition) is 1. The van der Waals surface area contributed by atoms with Gasteiger partial charge in [0.15, 0.2) is 0 Å². The van der Waals surface area contributed by atoms with Gasteiger partial charge in [-0.3, -0.25) is 14.3 Å². The van der Waals surface area contributed by atoms with Crippen LogP contribution in [0.5, 0.6) is 0 Å². The first-order chi connectivity index (χ1) is 13.5. The lowest BCUT2D eigenvalue weighted by atomic mass is 9.96. The monoisotopic (exact) mass is 380 g/mol. The number of nitrogens with one attached hydrogen (secondary N) is 1. The molecule has 0 spiro atoms. The van der Waals surface area contributed by atoms with Gasteiger partial charge in [-0.2, -0.15) is 5.10 Å². The Morgan fingerprint density at radius 3 is 2.68 bits per heavy atom. The van der Waals surface area contributed by atoms with E-state index in [0.29, 0.717) is 36.8 Å². The molecule has 1 aliphatic rings. The number of hydrogen-bond acceptors (Lipinski definition) is 4. The predicted octanol–water partition coefficient (Wildman–Crippen LogP) is 1.66. The second-order valence-corrected chi connectivity index (χ2v) is 7.37. The number of amides is 2. The lowest BCUT2D eigenvalue weighted by Crippen LogP contribution is -2.41. The van der Waals surface area contributed by atoms with Gasteiger partial charge in [-0.05, 0) is 37.8 Å². The third-order valence-corrected chi connectivity index (χ3v) is 5.34. The molecule has 3 aromatic rings. The molecule has 0 atom stereocenters. The number of carbonyl (C=O) groups is 2. The Kier molecular flexibility index (Phi) is 4.85. The zero-order valence-corrected chi connectivity index (χ0v) is 16.1. The molecule has 2 amide bonds. The third-order valence-electron chi connectivity index (χ3n) is 5.34. The summed E-state index contributed by atoms with van der Waals surface area (Å²) < 4.78 is 3.55. The van der Waals surface area contributed by atoms with E-state index in [1.807, 2.05) is 40.6 Å². The Labute approximate surface area is 163 Å². The molecular weight excluding hydrogens is 356 g/mol. The molecule has 1 N–H and O–H groups in total. The number of likely N-dealkylation sites (tertiary alicyclic amines) is 1. The Morgan fingerprint density at radius 1 is 1.21 bits per heavy atom. The van der Waals surface area contributed by atoms with E-state index >= 15 is 0 Å². The first-order valence-electron chi connectivity index (χ1n) is 9.52. The number of rotatable bonds is 4. The molecular formula is C20H24N6O2. The van der Waals surface area contributed by atoms with Crippen molar-refractivity contribution < 1.29 is 9.59 Å². The van der Waals surface area contributed by atoms with Crippen molar-refractivity contribution in [3.63, 3.8) is 0 Å². The van der Waals surface area contributed by atoms with Crippen LogP contribution in [0.2, 0.25) is 0 Å².